The number of rotatable bonds is 1. The Morgan fingerprint density at radius 2 is 1.94 bits per heavy atom. The summed E-state index contributed by atoms with van der Waals surface area (Å²) in [6.45, 7) is 4.57. The molecule has 0 spiro atoms. The Morgan fingerprint density at radius 3 is 2.67 bits per heavy atom. The highest BCUT2D eigenvalue weighted by atomic mass is 35.5. The first-order valence-electron chi connectivity index (χ1n) is 6.60. The molecule has 0 aliphatic carbocycles. The van der Waals surface area contributed by atoms with Crippen LogP contribution in [0.4, 0.5) is 5.69 Å². The number of nitrogens with one attached hydrogen (secondary N) is 2. The first kappa shape index (κ1) is 12.6. The SMILES string of the molecule is C[C@@H]1C[C@H](C2Nc3cc(Cl)ccc3S2)C[C@H](C)N1. The standard InChI is InChI=1S/C14H19ClN2S/c1-8-5-10(6-9(2)16-8)14-17-12-7-11(15)3-4-13(12)18-14/h3-4,7-10,14,16-17H,5-6H2,1-2H3/t8-,9+,10+,14?. The Morgan fingerprint density at radius 1 is 1.22 bits per heavy atom. The molecule has 4 heteroatoms. The van der Waals surface area contributed by atoms with E-state index in [2.05, 4.69) is 30.5 Å². The average Bonchev–Trinajstić information content (AvgIpc) is 2.70. The van der Waals surface area contributed by atoms with E-state index < -0.39 is 0 Å². The van der Waals surface area contributed by atoms with Crippen LogP contribution in [0.5, 0.6) is 0 Å². The van der Waals surface area contributed by atoms with Crippen molar-refractivity contribution in [3.8, 4) is 0 Å². The molecule has 3 rings (SSSR count). The molecule has 18 heavy (non-hydrogen) atoms. The zero-order valence-corrected chi connectivity index (χ0v) is 12.3. The number of benzene rings is 1. The second-order valence-electron chi connectivity index (χ2n) is 5.52. The zero-order valence-electron chi connectivity index (χ0n) is 10.7. The van der Waals surface area contributed by atoms with Crippen LogP contribution in [0.1, 0.15) is 26.7 Å². The van der Waals surface area contributed by atoms with Crippen LogP contribution in [0.3, 0.4) is 0 Å². The second-order valence-corrected chi connectivity index (χ2v) is 7.14. The molecular weight excluding hydrogens is 264 g/mol. The number of anilines is 1. The number of hydrogen-bond donors (Lipinski definition) is 2. The summed E-state index contributed by atoms with van der Waals surface area (Å²) >= 11 is 8.00. The van der Waals surface area contributed by atoms with E-state index in [4.69, 9.17) is 11.6 Å². The highest BCUT2D eigenvalue weighted by molar-refractivity contribution is 8.00. The summed E-state index contributed by atoms with van der Waals surface area (Å²) in [7, 11) is 0. The number of halogens is 1. The van der Waals surface area contributed by atoms with Crippen molar-refractivity contribution in [1.29, 1.82) is 0 Å². The van der Waals surface area contributed by atoms with Gasteiger partial charge in [-0.1, -0.05) is 23.4 Å². The van der Waals surface area contributed by atoms with Gasteiger partial charge in [-0.25, -0.2) is 0 Å². The van der Waals surface area contributed by atoms with Gasteiger partial charge in [0.2, 0.25) is 0 Å². The largest absolute Gasteiger partial charge is 0.372 e. The van der Waals surface area contributed by atoms with Gasteiger partial charge < -0.3 is 10.6 Å². The molecule has 2 N–H and O–H groups in total. The van der Waals surface area contributed by atoms with Gasteiger partial charge in [-0.05, 0) is 50.8 Å². The number of piperidine rings is 1. The lowest BCUT2D eigenvalue weighted by Gasteiger charge is -2.35. The molecule has 2 heterocycles. The zero-order chi connectivity index (χ0) is 12.7. The van der Waals surface area contributed by atoms with Crippen molar-refractivity contribution < 1.29 is 0 Å². The Kier molecular flexibility index (Phi) is 3.48. The van der Waals surface area contributed by atoms with Crippen LogP contribution in [-0.4, -0.2) is 17.5 Å². The van der Waals surface area contributed by atoms with Gasteiger partial charge in [0.15, 0.2) is 0 Å². The molecule has 1 aromatic rings. The first-order valence-corrected chi connectivity index (χ1v) is 7.86. The minimum absolute atomic E-state index is 0.505. The molecule has 2 nitrogen and oxygen atoms in total. The molecule has 2 aliphatic rings. The van der Waals surface area contributed by atoms with E-state index in [-0.39, 0.29) is 0 Å². The molecule has 0 radical (unpaired) electrons. The maximum Gasteiger partial charge on any atom is 0.0799 e. The first-order chi connectivity index (χ1) is 8.61. The Labute approximate surface area is 118 Å². The lowest BCUT2D eigenvalue weighted by molar-refractivity contribution is 0.265. The summed E-state index contributed by atoms with van der Waals surface area (Å²) in [5.74, 6) is 0.729. The summed E-state index contributed by atoms with van der Waals surface area (Å²) in [4.78, 5) is 1.34. The maximum absolute atomic E-state index is 6.04. The van der Waals surface area contributed by atoms with Gasteiger partial charge in [-0.2, -0.15) is 0 Å². The molecule has 0 saturated carbocycles. The number of fused-ring (bicyclic) bond motifs is 1. The lowest BCUT2D eigenvalue weighted by atomic mass is 9.89. The van der Waals surface area contributed by atoms with Crippen LogP contribution in [0.25, 0.3) is 0 Å². The van der Waals surface area contributed by atoms with Crippen LogP contribution in [0, 0.1) is 5.92 Å². The molecular formula is C14H19ClN2S. The molecule has 0 bridgehead atoms. The van der Waals surface area contributed by atoms with Crippen molar-refractivity contribution in [2.75, 3.05) is 5.32 Å². The fourth-order valence-electron chi connectivity index (χ4n) is 3.12. The normalized spacial score (nSPS) is 35.1. The summed E-state index contributed by atoms with van der Waals surface area (Å²) < 4.78 is 0. The smallest absolute Gasteiger partial charge is 0.0799 e. The third kappa shape index (κ3) is 2.49. The molecule has 1 unspecified atom stereocenters. The van der Waals surface area contributed by atoms with Crippen molar-refractivity contribution >= 4 is 29.1 Å². The van der Waals surface area contributed by atoms with Crippen LogP contribution >= 0.6 is 23.4 Å². The lowest BCUT2D eigenvalue weighted by Crippen LogP contribution is -2.45. The molecule has 1 aromatic carbocycles. The minimum Gasteiger partial charge on any atom is -0.372 e. The quantitative estimate of drug-likeness (QED) is 0.815. The van der Waals surface area contributed by atoms with Crippen LogP contribution in [-0.2, 0) is 0 Å². The average molecular weight is 283 g/mol. The molecule has 1 saturated heterocycles. The molecule has 1 fully saturated rings. The van der Waals surface area contributed by atoms with Gasteiger partial charge in [0.1, 0.15) is 0 Å². The molecule has 2 aliphatic heterocycles. The van der Waals surface area contributed by atoms with E-state index in [1.165, 1.54) is 23.4 Å². The highest BCUT2D eigenvalue weighted by Gasteiger charge is 2.33. The van der Waals surface area contributed by atoms with Crippen molar-refractivity contribution in [1.82, 2.24) is 5.32 Å². The van der Waals surface area contributed by atoms with E-state index in [0.29, 0.717) is 17.5 Å². The monoisotopic (exact) mass is 282 g/mol. The fraction of sp³-hybridized carbons (Fsp3) is 0.571. The van der Waals surface area contributed by atoms with Crippen molar-refractivity contribution in [2.45, 2.75) is 49.0 Å². The number of thioether (sulfide) groups is 1. The minimum atomic E-state index is 0.505. The molecule has 4 atom stereocenters. The van der Waals surface area contributed by atoms with E-state index in [0.717, 1.165) is 10.9 Å². The van der Waals surface area contributed by atoms with Crippen molar-refractivity contribution in [3.05, 3.63) is 23.2 Å². The third-order valence-corrected chi connectivity index (χ3v) is 5.40. The summed E-state index contributed by atoms with van der Waals surface area (Å²) in [5.41, 5.74) is 1.20. The van der Waals surface area contributed by atoms with Crippen LogP contribution in [0.15, 0.2) is 23.1 Å². The fourth-order valence-corrected chi connectivity index (χ4v) is 4.56. The second kappa shape index (κ2) is 4.95. The number of hydrogen-bond acceptors (Lipinski definition) is 3. The Bertz CT molecular complexity index is 441. The van der Waals surface area contributed by atoms with Gasteiger partial charge in [-0.3, -0.25) is 0 Å². The highest BCUT2D eigenvalue weighted by Crippen LogP contribution is 2.44. The summed E-state index contributed by atoms with van der Waals surface area (Å²) in [6.07, 6.45) is 2.49. The summed E-state index contributed by atoms with van der Waals surface area (Å²) in [5, 5.41) is 8.56. The predicted octanol–water partition coefficient (Wildman–Crippen LogP) is 3.96. The van der Waals surface area contributed by atoms with Gasteiger partial charge in [0.25, 0.3) is 0 Å². The van der Waals surface area contributed by atoms with Crippen LogP contribution < -0.4 is 10.6 Å². The Balaban J connectivity index is 1.73. The van der Waals surface area contributed by atoms with Gasteiger partial charge in [0.05, 0.1) is 11.1 Å². The van der Waals surface area contributed by atoms with E-state index in [1.807, 2.05) is 23.9 Å². The molecule has 0 aromatic heterocycles. The van der Waals surface area contributed by atoms with E-state index in [1.54, 1.807) is 0 Å². The molecule has 0 amide bonds. The molecule has 98 valence electrons. The maximum atomic E-state index is 6.04. The topological polar surface area (TPSA) is 24.1 Å². The summed E-state index contributed by atoms with van der Waals surface area (Å²) in [6, 6.07) is 7.38. The van der Waals surface area contributed by atoms with E-state index >= 15 is 0 Å². The third-order valence-electron chi connectivity index (χ3n) is 3.80. The Hall–Kier alpha value is -0.380. The van der Waals surface area contributed by atoms with Gasteiger partial charge in [-0.15, -0.1) is 0 Å². The van der Waals surface area contributed by atoms with Crippen LogP contribution in [0.2, 0.25) is 5.02 Å². The van der Waals surface area contributed by atoms with E-state index in [9.17, 15) is 0 Å². The van der Waals surface area contributed by atoms with Gasteiger partial charge in [0, 0.05) is 22.0 Å². The predicted molar refractivity (Wildman–Crippen MR) is 79.5 cm³/mol. The van der Waals surface area contributed by atoms with Crippen molar-refractivity contribution in [2.24, 2.45) is 5.92 Å². The van der Waals surface area contributed by atoms with Crippen molar-refractivity contribution in [3.63, 3.8) is 0 Å². The van der Waals surface area contributed by atoms with Gasteiger partial charge >= 0.3 is 0 Å².